The van der Waals surface area contributed by atoms with Crippen molar-refractivity contribution in [3.05, 3.63) is 70.1 Å². The summed E-state index contributed by atoms with van der Waals surface area (Å²) in [6.45, 7) is 5.56. The molecule has 0 saturated carbocycles. The highest BCUT2D eigenvalue weighted by Gasteiger charge is 2.09. The summed E-state index contributed by atoms with van der Waals surface area (Å²) in [7, 11) is 1.75. The van der Waals surface area contributed by atoms with Crippen LogP contribution in [-0.4, -0.2) is 29.7 Å². The molecule has 3 aromatic rings. The molecule has 0 atom stereocenters. The quantitative estimate of drug-likeness (QED) is 0.281. The van der Waals surface area contributed by atoms with Gasteiger partial charge in [0.25, 0.3) is 0 Å². The van der Waals surface area contributed by atoms with Crippen molar-refractivity contribution in [1.82, 2.24) is 20.8 Å². The summed E-state index contributed by atoms with van der Waals surface area (Å²) >= 11 is 6.01. The highest BCUT2D eigenvalue weighted by Crippen LogP contribution is 2.19. The minimum Gasteiger partial charge on any atom is -0.356 e. The average molecular weight is 526 g/mol. The standard InChI is InChI=1S/C21H24ClN5O.HI/c1-14-7-8-17(15(2)11-14)13-25-21(23-3)24-10-9-19-26-20(27-28-19)16-5-4-6-18(22)12-16;/h4-8,11-12H,9-10,13H2,1-3H3,(H2,23,24,25);1H. The van der Waals surface area contributed by atoms with Gasteiger partial charge in [0, 0.05) is 37.1 Å². The first-order valence-corrected chi connectivity index (χ1v) is 9.52. The predicted octanol–water partition coefficient (Wildman–Crippen LogP) is 4.53. The van der Waals surface area contributed by atoms with E-state index in [0.29, 0.717) is 36.2 Å². The number of nitrogens with one attached hydrogen (secondary N) is 2. The Morgan fingerprint density at radius 1 is 1.14 bits per heavy atom. The van der Waals surface area contributed by atoms with Crippen LogP contribution in [0.1, 0.15) is 22.6 Å². The fourth-order valence-electron chi connectivity index (χ4n) is 2.83. The number of halogens is 2. The number of aliphatic imine (C=N–C) groups is 1. The van der Waals surface area contributed by atoms with E-state index in [9.17, 15) is 0 Å². The highest BCUT2D eigenvalue weighted by atomic mass is 127. The Hall–Kier alpha value is -2.13. The van der Waals surface area contributed by atoms with E-state index in [1.807, 2.05) is 24.3 Å². The molecule has 0 aliphatic carbocycles. The van der Waals surface area contributed by atoms with Gasteiger partial charge in [0.2, 0.25) is 11.7 Å². The lowest BCUT2D eigenvalue weighted by Crippen LogP contribution is -2.38. The van der Waals surface area contributed by atoms with Gasteiger partial charge in [0.1, 0.15) is 0 Å². The van der Waals surface area contributed by atoms with Gasteiger partial charge >= 0.3 is 0 Å². The Morgan fingerprint density at radius 3 is 2.69 bits per heavy atom. The van der Waals surface area contributed by atoms with E-state index in [1.54, 1.807) is 7.05 Å². The summed E-state index contributed by atoms with van der Waals surface area (Å²) in [6.07, 6.45) is 0.595. The summed E-state index contributed by atoms with van der Waals surface area (Å²) in [6, 6.07) is 13.8. The van der Waals surface area contributed by atoms with Crippen molar-refractivity contribution >= 4 is 41.5 Å². The zero-order valence-corrected chi connectivity index (χ0v) is 19.8. The number of benzene rings is 2. The van der Waals surface area contributed by atoms with Crippen molar-refractivity contribution in [3.8, 4) is 11.4 Å². The van der Waals surface area contributed by atoms with Gasteiger partial charge in [-0.2, -0.15) is 4.98 Å². The van der Waals surface area contributed by atoms with Crippen LogP contribution in [0, 0.1) is 13.8 Å². The first-order chi connectivity index (χ1) is 13.5. The maximum Gasteiger partial charge on any atom is 0.228 e. The molecule has 0 radical (unpaired) electrons. The molecule has 0 unspecified atom stereocenters. The Bertz CT molecular complexity index is 973. The molecule has 0 amide bonds. The molecule has 29 heavy (non-hydrogen) atoms. The Morgan fingerprint density at radius 2 is 1.97 bits per heavy atom. The van der Waals surface area contributed by atoms with E-state index < -0.39 is 0 Å². The van der Waals surface area contributed by atoms with Crippen molar-refractivity contribution in [1.29, 1.82) is 0 Å². The van der Waals surface area contributed by atoms with E-state index in [0.717, 1.165) is 11.5 Å². The molecule has 1 heterocycles. The molecule has 2 N–H and O–H groups in total. The second kappa shape index (κ2) is 11.2. The summed E-state index contributed by atoms with van der Waals surface area (Å²) in [5, 5.41) is 11.3. The molecule has 0 saturated heterocycles. The van der Waals surface area contributed by atoms with Crippen LogP contribution in [0.5, 0.6) is 0 Å². The van der Waals surface area contributed by atoms with Gasteiger partial charge in [-0.25, -0.2) is 0 Å². The predicted molar refractivity (Wildman–Crippen MR) is 128 cm³/mol. The maximum atomic E-state index is 6.01. The maximum absolute atomic E-state index is 6.01. The molecule has 1 aromatic heterocycles. The lowest BCUT2D eigenvalue weighted by Gasteiger charge is -2.13. The van der Waals surface area contributed by atoms with Gasteiger partial charge in [0.15, 0.2) is 5.96 Å². The van der Waals surface area contributed by atoms with E-state index >= 15 is 0 Å². The molecular weight excluding hydrogens is 501 g/mol. The molecule has 154 valence electrons. The SMILES string of the molecule is CN=C(NCCc1nc(-c2cccc(Cl)c2)no1)NCc1ccc(C)cc1C.I. The van der Waals surface area contributed by atoms with Gasteiger partial charge in [-0.05, 0) is 37.1 Å². The smallest absolute Gasteiger partial charge is 0.228 e. The van der Waals surface area contributed by atoms with E-state index in [4.69, 9.17) is 16.1 Å². The lowest BCUT2D eigenvalue weighted by atomic mass is 10.1. The topological polar surface area (TPSA) is 75.3 Å². The summed E-state index contributed by atoms with van der Waals surface area (Å²) in [5.41, 5.74) is 4.61. The summed E-state index contributed by atoms with van der Waals surface area (Å²) < 4.78 is 5.33. The van der Waals surface area contributed by atoms with Gasteiger partial charge in [-0.1, -0.05) is 52.7 Å². The van der Waals surface area contributed by atoms with Crippen LogP contribution < -0.4 is 10.6 Å². The van der Waals surface area contributed by atoms with Crippen LogP contribution in [0.25, 0.3) is 11.4 Å². The fourth-order valence-corrected chi connectivity index (χ4v) is 3.02. The second-order valence-corrected chi connectivity index (χ2v) is 6.99. The number of hydrogen-bond donors (Lipinski definition) is 2. The van der Waals surface area contributed by atoms with Gasteiger partial charge in [-0.15, -0.1) is 24.0 Å². The van der Waals surface area contributed by atoms with Crippen molar-refractivity contribution in [2.24, 2.45) is 4.99 Å². The average Bonchev–Trinajstić information content (AvgIpc) is 3.14. The van der Waals surface area contributed by atoms with E-state index in [1.165, 1.54) is 16.7 Å². The number of aromatic nitrogens is 2. The van der Waals surface area contributed by atoms with Crippen LogP contribution >= 0.6 is 35.6 Å². The van der Waals surface area contributed by atoms with Crippen molar-refractivity contribution in [3.63, 3.8) is 0 Å². The minimum absolute atomic E-state index is 0. The number of guanidine groups is 1. The van der Waals surface area contributed by atoms with E-state index in [-0.39, 0.29) is 24.0 Å². The Labute approximate surface area is 193 Å². The molecule has 0 aliphatic rings. The zero-order chi connectivity index (χ0) is 19.9. The molecule has 6 nitrogen and oxygen atoms in total. The molecule has 2 aromatic carbocycles. The van der Waals surface area contributed by atoms with Crippen LogP contribution in [0.2, 0.25) is 5.02 Å². The first-order valence-electron chi connectivity index (χ1n) is 9.14. The first kappa shape index (κ1) is 23.2. The van der Waals surface area contributed by atoms with Crippen molar-refractivity contribution in [2.45, 2.75) is 26.8 Å². The normalized spacial score (nSPS) is 11.1. The van der Waals surface area contributed by atoms with E-state index in [2.05, 4.69) is 57.8 Å². The van der Waals surface area contributed by atoms with Crippen LogP contribution in [0.15, 0.2) is 52.0 Å². The van der Waals surface area contributed by atoms with Crippen molar-refractivity contribution < 1.29 is 4.52 Å². The highest BCUT2D eigenvalue weighted by molar-refractivity contribution is 14.0. The fraction of sp³-hybridized carbons (Fsp3) is 0.286. The van der Waals surface area contributed by atoms with Gasteiger partial charge in [0.05, 0.1) is 0 Å². The summed E-state index contributed by atoms with van der Waals surface area (Å²) in [4.78, 5) is 8.68. The summed E-state index contributed by atoms with van der Waals surface area (Å²) in [5.74, 6) is 1.83. The minimum atomic E-state index is 0. The molecule has 8 heteroatoms. The monoisotopic (exact) mass is 525 g/mol. The number of aryl methyl sites for hydroxylation is 2. The van der Waals surface area contributed by atoms with Gasteiger partial charge in [-0.3, -0.25) is 4.99 Å². The third-order valence-corrected chi connectivity index (χ3v) is 4.59. The third kappa shape index (κ3) is 6.71. The largest absolute Gasteiger partial charge is 0.356 e. The third-order valence-electron chi connectivity index (χ3n) is 4.35. The molecule has 3 rings (SSSR count). The van der Waals surface area contributed by atoms with Crippen molar-refractivity contribution in [2.75, 3.05) is 13.6 Å². The number of hydrogen-bond acceptors (Lipinski definition) is 4. The van der Waals surface area contributed by atoms with Gasteiger partial charge < -0.3 is 15.2 Å². The Kier molecular flexibility index (Phi) is 8.91. The van der Waals surface area contributed by atoms with Crippen LogP contribution in [-0.2, 0) is 13.0 Å². The number of rotatable bonds is 6. The molecule has 0 bridgehead atoms. The van der Waals surface area contributed by atoms with Crippen LogP contribution in [0.3, 0.4) is 0 Å². The molecular formula is C21H25ClIN5O. The second-order valence-electron chi connectivity index (χ2n) is 6.55. The molecule has 0 spiro atoms. The zero-order valence-electron chi connectivity index (χ0n) is 16.7. The molecule has 0 aliphatic heterocycles. The lowest BCUT2D eigenvalue weighted by molar-refractivity contribution is 0.378. The molecule has 0 fully saturated rings. The van der Waals surface area contributed by atoms with Crippen LogP contribution in [0.4, 0.5) is 0 Å². The number of nitrogens with zero attached hydrogens (tertiary/aromatic N) is 3. The Balaban J connectivity index is 0.00000300.